The highest BCUT2D eigenvalue weighted by Gasteiger charge is 2.19. The number of nitrogens with one attached hydrogen (secondary N) is 1. The molecule has 0 unspecified atom stereocenters. The van der Waals surface area contributed by atoms with E-state index < -0.39 is 19.7 Å². The highest BCUT2D eigenvalue weighted by molar-refractivity contribution is 7.91. The molecule has 1 rings (SSSR count). The van der Waals surface area contributed by atoms with E-state index in [0.717, 1.165) is 25.5 Å². The minimum atomic E-state index is -3.51. The lowest BCUT2D eigenvalue weighted by Gasteiger charge is -2.22. The Hall–Kier alpha value is -1.12. The molecule has 0 aromatic heterocycles. The molecule has 6 nitrogen and oxygen atoms in total. The van der Waals surface area contributed by atoms with Crippen LogP contribution in [0.2, 0.25) is 0 Å². The standard InChI is InChI=1S/C13H22N2O4S2/c1-14-8-5-9-15(2)12-7-6-11(20(3,16)17)10-13(12)21(4,18)19/h6-7,10,14H,5,8-9H2,1-4H3. The molecular weight excluding hydrogens is 312 g/mol. The minimum Gasteiger partial charge on any atom is -0.373 e. The van der Waals surface area contributed by atoms with E-state index in [4.69, 9.17) is 0 Å². The minimum absolute atomic E-state index is 0.00954. The van der Waals surface area contributed by atoms with Crippen LogP contribution in [0.4, 0.5) is 5.69 Å². The third-order valence-corrected chi connectivity index (χ3v) is 5.33. The Balaban J connectivity index is 3.27. The number of anilines is 1. The van der Waals surface area contributed by atoms with Crippen molar-refractivity contribution in [1.82, 2.24) is 5.32 Å². The van der Waals surface area contributed by atoms with E-state index >= 15 is 0 Å². The van der Waals surface area contributed by atoms with E-state index in [0.29, 0.717) is 12.2 Å². The van der Waals surface area contributed by atoms with E-state index in [1.54, 1.807) is 13.1 Å². The fourth-order valence-corrected chi connectivity index (χ4v) is 3.62. The maximum absolute atomic E-state index is 11.9. The van der Waals surface area contributed by atoms with Gasteiger partial charge in [-0.2, -0.15) is 0 Å². The molecule has 0 aliphatic rings. The van der Waals surface area contributed by atoms with Crippen molar-refractivity contribution in [3.63, 3.8) is 0 Å². The topological polar surface area (TPSA) is 83.6 Å². The lowest BCUT2D eigenvalue weighted by molar-refractivity contribution is 0.599. The van der Waals surface area contributed by atoms with Crippen molar-refractivity contribution in [1.29, 1.82) is 0 Å². The average molecular weight is 334 g/mol. The summed E-state index contributed by atoms with van der Waals surface area (Å²) in [6, 6.07) is 4.22. The summed E-state index contributed by atoms with van der Waals surface area (Å²) in [4.78, 5) is 1.87. The van der Waals surface area contributed by atoms with Crippen molar-refractivity contribution < 1.29 is 16.8 Å². The summed E-state index contributed by atoms with van der Waals surface area (Å²) in [5.41, 5.74) is 0.515. The van der Waals surface area contributed by atoms with Gasteiger partial charge in [0.1, 0.15) is 0 Å². The van der Waals surface area contributed by atoms with Crippen molar-refractivity contribution in [2.45, 2.75) is 16.2 Å². The van der Waals surface area contributed by atoms with Crippen LogP contribution in [0.5, 0.6) is 0 Å². The van der Waals surface area contributed by atoms with Gasteiger partial charge in [-0.3, -0.25) is 0 Å². The molecule has 8 heteroatoms. The van der Waals surface area contributed by atoms with Crippen molar-refractivity contribution >= 4 is 25.4 Å². The lowest BCUT2D eigenvalue weighted by Crippen LogP contribution is -2.24. The van der Waals surface area contributed by atoms with Crippen LogP contribution in [0.3, 0.4) is 0 Å². The molecule has 120 valence electrons. The van der Waals surface area contributed by atoms with E-state index in [9.17, 15) is 16.8 Å². The molecule has 0 radical (unpaired) electrons. The molecule has 1 N–H and O–H groups in total. The van der Waals surface area contributed by atoms with Gasteiger partial charge < -0.3 is 10.2 Å². The van der Waals surface area contributed by atoms with Gasteiger partial charge in [-0.05, 0) is 38.2 Å². The molecule has 0 aliphatic heterocycles. The molecule has 0 spiro atoms. The Labute approximate surface area is 127 Å². The first kappa shape index (κ1) is 17.9. The zero-order chi connectivity index (χ0) is 16.3. The fourth-order valence-electron chi connectivity index (χ4n) is 1.95. The number of hydrogen-bond acceptors (Lipinski definition) is 6. The molecule has 0 saturated carbocycles. The maximum Gasteiger partial charge on any atom is 0.177 e. The maximum atomic E-state index is 11.9. The number of rotatable bonds is 7. The van der Waals surface area contributed by atoms with Gasteiger partial charge in [0.05, 0.1) is 15.5 Å². The van der Waals surface area contributed by atoms with Gasteiger partial charge in [-0.25, -0.2) is 16.8 Å². The van der Waals surface area contributed by atoms with Crippen LogP contribution in [0.1, 0.15) is 6.42 Å². The Bertz CT molecular complexity index is 697. The zero-order valence-corrected chi connectivity index (χ0v) is 14.4. The summed E-state index contributed by atoms with van der Waals surface area (Å²) in [7, 11) is -3.31. The van der Waals surface area contributed by atoms with Crippen LogP contribution < -0.4 is 10.2 Å². The van der Waals surface area contributed by atoms with Gasteiger partial charge in [0.25, 0.3) is 0 Å². The van der Waals surface area contributed by atoms with Crippen LogP contribution in [0.15, 0.2) is 28.0 Å². The Morgan fingerprint density at radius 1 is 1.10 bits per heavy atom. The average Bonchev–Trinajstić information content (AvgIpc) is 2.36. The smallest absolute Gasteiger partial charge is 0.177 e. The molecule has 0 bridgehead atoms. The van der Waals surface area contributed by atoms with Gasteiger partial charge in [-0.1, -0.05) is 0 Å². The van der Waals surface area contributed by atoms with Gasteiger partial charge in [-0.15, -0.1) is 0 Å². The molecule has 0 saturated heterocycles. The third-order valence-electron chi connectivity index (χ3n) is 3.09. The Morgan fingerprint density at radius 2 is 1.71 bits per heavy atom. The largest absolute Gasteiger partial charge is 0.373 e. The second kappa shape index (κ2) is 6.76. The molecule has 1 aromatic carbocycles. The summed E-state index contributed by atoms with van der Waals surface area (Å²) in [5, 5.41) is 3.02. The van der Waals surface area contributed by atoms with E-state index in [-0.39, 0.29) is 9.79 Å². The normalized spacial score (nSPS) is 12.4. The molecule has 1 aromatic rings. The molecule has 0 aliphatic carbocycles. The monoisotopic (exact) mass is 334 g/mol. The van der Waals surface area contributed by atoms with Gasteiger partial charge in [0.15, 0.2) is 19.7 Å². The van der Waals surface area contributed by atoms with Crippen LogP contribution >= 0.6 is 0 Å². The second-order valence-corrected chi connectivity index (χ2v) is 9.05. The number of hydrogen-bond donors (Lipinski definition) is 1. The van der Waals surface area contributed by atoms with Crippen molar-refractivity contribution in [3.8, 4) is 0 Å². The van der Waals surface area contributed by atoms with E-state index in [1.165, 1.54) is 12.1 Å². The molecule has 0 atom stereocenters. The third kappa shape index (κ3) is 4.98. The first-order valence-corrected chi connectivity index (χ1v) is 10.3. The molecule has 0 fully saturated rings. The summed E-state index contributed by atoms with van der Waals surface area (Å²) >= 11 is 0. The Morgan fingerprint density at radius 3 is 2.19 bits per heavy atom. The number of nitrogens with zero attached hydrogens (tertiary/aromatic N) is 1. The van der Waals surface area contributed by atoms with Crippen LogP contribution in [-0.4, -0.2) is 56.5 Å². The quantitative estimate of drug-likeness (QED) is 0.733. The highest BCUT2D eigenvalue weighted by Crippen LogP contribution is 2.27. The summed E-state index contributed by atoms with van der Waals surface area (Å²) in [5.74, 6) is 0. The first-order valence-electron chi connectivity index (χ1n) is 6.47. The predicted molar refractivity (Wildman–Crippen MR) is 84.5 cm³/mol. The highest BCUT2D eigenvalue weighted by atomic mass is 32.2. The zero-order valence-electron chi connectivity index (χ0n) is 12.8. The molecule has 21 heavy (non-hydrogen) atoms. The van der Waals surface area contributed by atoms with Crippen molar-refractivity contribution in [3.05, 3.63) is 18.2 Å². The SMILES string of the molecule is CNCCCN(C)c1ccc(S(C)(=O)=O)cc1S(C)(=O)=O. The molecule has 0 heterocycles. The predicted octanol–water partition coefficient (Wildman–Crippen LogP) is 0.539. The number of sulfone groups is 2. The van der Waals surface area contributed by atoms with E-state index in [1.807, 2.05) is 11.9 Å². The first-order chi connectivity index (χ1) is 9.57. The van der Waals surface area contributed by atoms with Crippen LogP contribution in [0.25, 0.3) is 0 Å². The summed E-state index contributed by atoms with van der Waals surface area (Å²) in [6.45, 7) is 1.49. The second-order valence-electron chi connectivity index (χ2n) is 5.05. The van der Waals surface area contributed by atoms with E-state index in [2.05, 4.69) is 5.32 Å². The van der Waals surface area contributed by atoms with Gasteiger partial charge >= 0.3 is 0 Å². The Kier molecular flexibility index (Phi) is 5.77. The van der Waals surface area contributed by atoms with Gasteiger partial charge in [0.2, 0.25) is 0 Å². The van der Waals surface area contributed by atoms with Crippen molar-refractivity contribution in [2.24, 2.45) is 0 Å². The summed E-state index contributed by atoms with van der Waals surface area (Å²) in [6.07, 6.45) is 2.99. The number of benzene rings is 1. The van der Waals surface area contributed by atoms with Crippen LogP contribution in [0, 0.1) is 0 Å². The lowest BCUT2D eigenvalue weighted by atomic mass is 10.3. The molecular formula is C13H22N2O4S2. The summed E-state index contributed by atoms with van der Waals surface area (Å²) < 4.78 is 47.0. The fraction of sp³-hybridized carbons (Fsp3) is 0.538. The van der Waals surface area contributed by atoms with Gasteiger partial charge in [0, 0.05) is 26.1 Å². The van der Waals surface area contributed by atoms with Crippen molar-refractivity contribution in [2.75, 3.05) is 44.6 Å². The molecule has 0 amide bonds. The van der Waals surface area contributed by atoms with Crippen LogP contribution in [-0.2, 0) is 19.7 Å².